The van der Waals surface area contributed by atoms with Crippen LogP contribution in [0.25, 0.3) is 0 Å². The van der Waals surface area contributed by atoms with Gasteiger partial charge in [0, 0.05) is 5.69 Å². The molecule has 23 heavy (non-hydrogen) atoms. The van der Waals surface area contributed by atoms with E-state index in [0.29, 0.717) is 12.4 Å². The number of carboxylic acids is 1. The largest absolute Gasteiger partial charge is 0.492 e. The molecule has 0 radical (unpaired) electrons. The Morgan fingerprint density at radius 2 is 1.96 bits per heavy atom. The van der Waals surface area contributed by atoms with Crippen molar-refractivity contribution in [3.63, 3.8) is 0 Å². The van der Waals surface area contributed by atoms with Crippen molar-refractivity contribution in [2.24, 2.45) is 0 Å². The first kappa shape index (κ1) is 15.4. The van der Waals surface area contributed by atoms with E-state index in [1.807, 2.05) is 6.07 Å². The monoisotopic (exact) mass is 333 g/mol. The molecule has 0 aromatic heterocycles. The van der Waals surface area contributed by atoms with Gasteiger partial charge in [0.05, 0.1) is 12.2 Å². The van der Waals surface area contributed by atoms with E-state index in [9.17, 15) is 13.2 Å². The summed E-state index contributed by atoms with van der Waals surface area (Å²) in [6, 6.07) is 10.7. The Balaban J connectivity index is 1.97. The van der Waals surface area contributed by atoms with Gasteiger partial charge in [-0.2, -0.15) is 0 Å². The van der Waals surface area contributed by atoms with E-state index >= 15 is 0 Å². The van der Waals surface area contributed by atoms with E-state index in [2.05, 4.69) is 4.72 Å². The van der Waals surface area contributed by atoms with Crippen molar-refractivity contribution in [3.05, 3.63) is 53.6 Å². The van der Waals surface area contributed by atoms with E-state index in [4.69, 9.17) is 9.84 Å². The zero-order valence-electron chi connectivity index (χ0n) is 12.2. The molecule has 0 aliphatic carbocycles. The third-order valence-electron chi connectivity index (χ3n) is 3.55. The molecule has 0 saturated carbocycles. The van der Waals surface area contributed by atoms with Crippen LogP contribution in [0.5, 0.6) is 5.75 Å². The van der Waals surface area contributed by atoms with Gasteiger partial charge in [0.2, 0.25) is 0 Å². The predicted octanol–water partition coefficient (Wildman–Crippen LogP) is 2.51. The maximum Gasteiger partial charge on any atom is 0.335 e. The second-order valence-corrected chi connectivity index (χ2v) is 6.84. The van der Waals surface area contributed by atoms with Crippen molar-refractivity contribution in [1.29, 1.82) is 0 Å². The number of carboxylic acid groups (broad SMARTS) is 1. The van der Waals surface area contributed by atoms with E-state index in [-0.39, 0.29) is 16.1 Å². The number of sulfonamides is 1. The lowest BCUT2D eigenvalue weighted by molar-refractivity contribution is 0.0697. The maximum atomic E-state index is 12.6. The molecule has 120 valence electrons. The summed E-state index contributed by atoms with van der Waals surface area (Å²) in [5.74, 6) is -0.743. The molecule has 0 fully saturated rings. The third kappa shape index (κ3) is 3.14. The number of fused-ring (bicyclic) bond motifs is 1. The summed E-state index contributed by atoms with van der Waals surface area (Å²) in [6.07, 6.45) is 1.62. The lowest BCUT2D eigenvalue weighted by atomic mass is 10.1. The van der Waals surface area contributed by atoms with Crippen LogP contribution in [0.15, 0.2) is 47.4 Å². The van der Waals surface area contributed by atoms with Crippen LogP contribution in [0.1, 0.15) is 22.3 Å². The molecule has 7 heteroatoms. The van der Waals surface area contributed by atoms with Gasteiger partial charge in [0.25, 0.3) is 10.0 Å². The van der Waals surface area contributed by atoms with Crippen molar-refractivity contribution in [2.45, 2.75) is 17.7 Å². The number of aryl methyl sites for hydroxylation is 1. The fraction of sp³-hybridized carbons (Fsp3) is 0.188. The van der Waals surface area contributed by atoms with E-state index in [1.54, 1.807) is 6.07 Å². The molecule has 1 aliphatic heterocycles. The van der Waals surface area contributed by atoms with Gasteiger partial charge in [-0.05, 0) is 42.7 Å². The Kier molecular flexibility index (Phi) is 3.96. The number of hydrogen-bond donors (Lipinski definition) is 2. The van der Waals surface area contributed by atoms with Crippen LogP contribution >= 0.6 is 0 Å². The topological polar surface area (TPSA) is 92.7 Å². The van der Waals surface area contributed by atoms with E-state index in [0.717, 1.165) is 18.4 Å². The Labute approximate surface area is 133 Å². The molecular formula is C16H15NO5S. The first-order chi connectivity index (χ1) is 11.0. The number of nitrogens with one attached hydrogen (secondary N) is 1. The molecule has 0 atom stereocenters. The molecule has 0 saturated heterocycles. The molecule has 0 amide bonds. The lowest BCUT2D eigenvalue weighted by Gasteiger charge is -2.20. The summed E-state index contributed by atoms with van der Waals surface area (Å²) in [4.78, 5) is 11.0. The number of benzene rings is 2. The highest BCUT2D eigenvalue weighted by molar-refractivity contribution is 7.92. The van der Waals surface area contributed by atoms with Crippen molar-refractivity contribution < 1.29 is 23.1 Å². The van der Waals surface area contributed by atoms with Crippen molar-refractivity contribution in [1.82, 2.24) is 0 Å². The zero-order valence-corrected chi connectivity index (χ0v) is 13.0. The van der Waals surface area contributed by atoms with Gasteiger partial charge in [-0.25, -0.2) is 13.2 Å². The Hall–Kier alpha value is -2.54. The highest BCUT2D eigenvalue weighted by Crippen LogP contribution is 2.33. The lowest BCUT2D eigenvalue weighted by Crippen LogP contribution is -2.18. The summed E-state index contributed by atoms with van der Waals surface area (Å²) in [6.45, 7) is 0.480. The predicted molar refractivity (Wildman–Crippen MR) is 84.5 cm³/mol. The molecule has 1 aliphatic rings. The second-order valence-electron chi connectivity index (χ2n) is 5.19. The standard InChI is InChI=1S/C16H15NO5S/c18-16(19)12-5-1-7-13(10-12)17-23(20,21)14-8-2-4-11-6-3-9-22-15(11)14/h1-2,4-5,7-8,10,17H,3,6,9H2,(H,18,19). The maximum absolute atomic E-state index is 12.6. The molecule has 2 N–H and O–H groups in total. The number of aromatic carboxylic acids is 1. The fourth-order valence-corrected chi connectivity index (χ4v) is 3.74. The normalized spacial score (nSPS) is 13.7. The molecule has 3 rings (SSSR count). The molecular weight excluding hydrogens is 318 g/mol. The molecule has 0 bridgehead atoms. The summed E-state index contributed by atoms with van der Waals surface area (Å²) in [7, 11) is -3.87. The van der Waals surface area contributed by atoms with Crippen molar-refractivity contribution in [2.75, 3.05) is 11.3 Å². The number of anilines is 1. The molecule has 0 unspecified atom stereocenters. The van der Waals surface area contributed by atoms with Gasteiger partial charge in [0.1, 0.15) is 10.6 Å². The van der Waals surface area contributed by atoms with Crippen LogP contribution in [0.2, 0.25) is 0 Å². The number of carbonyl (C=O) groups is 1. The SMILES string of the molecule is O=C(O)c1cccc(NS(=O)(=O)c2cccc3c2OCCC3)c1. The third-order valence-corrected chi connectivity index (χ3v) is 4.95. The first-order valence-corrected chi connectivity index (χ1v) is 8.56. The Morgan fingerprint density at radius 3 is 2.74 bits per heavy atom. The minimum Gasteiger partial charge on any atom is -0.492 e. The second kappa shape index (κ2) is 5.92. The summed E-state index contributed by atoms with van der Waals surface area (Å²) >= 11 is 0. The van der Waals surface area contributed by atoms with Gasteiger partial charge in [-0.3, -0.25) is 4.72 Å². The molecule has 2 aromatic carbocycles. The quantitative estimate of drug-likeness (QED) is 0.897. The van der Waals surface area contributed by atoms with Crippen molar-refractivity contribution >= 4 is 21.7 Å². The molecule has 0 spiro atoms. The minimum absolute atomic E-state index is 0.0107. The van der Waals surface area contributed by atoms with Gasteiger partial charge < -0.3 is 9.84 Å². The number of rotatable bonds is 4. The Bertz CT molecular complexity index is 861. The van der Waals surface area contributed by atoms with Crippen molar-refractivity contribution in [3.8, 4) is 5.75 Å². The average Bonchev–Trinajstić information content (AvgIpc) is 2.54. The van der Waals surface area contributed by atoms with Crippen LogP contribution in [0, 0.1) is 0 Å². The van der Waals surface area contributed by atoms with E-state index in [1.165, 1.54) is 30.3 Å². The Morgan fingerprint density at radius 1 is 1.17 bits per heavy atom. The molecule has 6 nitrogen and oxygen atoms in total. The summed E-state index contributed by atoms with van der Waals surface area (Å²) in [5.41, 5.74) is 1.06. The number of hydrogen-bond acceptors (Lipinski definition) is 4. The highest BCUT2D eigenvalue weighted by atomic mass is 32.2. The number of para-hydroxylation sites is 1. The average molecular weight is 333 g/mol. The minimum atomic E-state index is -3.87. The van der Waals surface area contributed by atoms with E-state index < -0.39 is 16.0 Å². The first-order valence-electron chi connectivity index (χ1n) is 7.08. The smallest absolute Gasteiger partial charge is 0.335 e. The van der Waals surface area contributed by atoms with Crippen LogP contribution in [0.3, 0.4) is 0 Å². The van der Waals surface area contributed by atoms with Gasteiger partial charge in [0.15, 0.2) is 0 Å². The van der Waals surface area contributed by atoms with Crippen LogP contribution in [-0.2, 0) is 16.4 Å². The van der Waals surface area contributed by atoms with Gasteiger partial charge in [-0.15, -0.1) is 0 Å². The molecule has 1 heterocycles. The summed E-state index contributed by atoms with van der Waals surface area (Å²) < 4.78 is 33.2. The molecule has 2 aromatic rings. The van der Waals surface area contributed by atoms with Crippen LogP contribution in [0.4, 0.5) is 5.69 Å². The van der Waals surface area contributed by atoms with Gasteiger partial charge in [-0.1, -0.05) is 18.2 Å². The van der Waals surface area contributed by atoms with Crippen LogP contribution < -0.4 is 9.46 Å². The summed E-state index contributed by atoms with van der Waals surface area (Å²) in [5, 5.41) is 8.99. The highest BCUT2D eigenvalue weighted by Gasteiger charge is 2.24. The number of ether oxygens (including phenoxy) is 1. The van der Waals surface area contributed by atoms with Crippen LogP contribution in [-0.4, -0.2) is 26.1 Å². The zero-order chi connectivity index (χ0) is 16.4. The van der Waals surface area contributed by atoms with Gasteiger partial charge >= 0.3 is 5.97 Å². The fourth-order valence-electron chi connectivity index (χ4n) is 2.50.